The molecule has 2 aromatic carbocycles. The van der Waals surface area contributed by atoms with Crippen molar-refractivity contribution in [3.63, 3.8) is 0 Å². The summed E-state index contributed by atoms with van der Waals surface area (Å²) in [6, 6.07) is 16.4. The summed E-state index contributed by atoms with van der Waals surface area (Å²) in [6.07, 6.45) is 1.20. The number of hydrogen-bond donors (Lipinski definition) is 3. The molecular weight excluding hydrogens is 484 g/mol. The molecule has 1 aromatic heterocycles. The van der Waals surface area contributed by atoms with Crippen LogP contribution in [0.2, 0.25) is 5.02 Å². The van der Waals surface area contributed by atoms with Gasteiger partial charge in [0.1, 0.15) is 11.6 Å². The highest BCUT2D eigenvalue weighted by atomic mass is 35.5. The van der Waals surface area contributed by atoms with Gasteiger partial charge in [-0.25, -0.2) is 19.6 Å². The maximum Gasteiger partial charge on any atom is 0.408 e. The zero-order chi connectivity index (χ0) is 23.7. The number of amides is 1. The molecule has 1 heterocycles. The van der Waals surface area contributed by atoms with Crippen molar-refractivity contribution >= 4 is 39.2 Å². The fourth-order valence-electron chi connectivity index (χ4n) is 3.06. The lowest BCUT2D eigenvalue weighted by Gasteiger charge is -2.17. The quantitative estimate of drug-likeness (QED) is 0.331. The molecule has 0 fully saturated rings. The van der Waals surface area contributed by atoms with Crippen molar-refractivity contribution < 1.29 is 17.9 Å². The smallest absolute Gasteiger partial charge is 0.408 e. The zero-order valence-corrected chi connectivity index (χ0v) is 20.1. The molecule has 0 aliphatic heterocycles. The van der Waals surface area contributed by atoms with Crippen molar-refractivity contribution in [2.75, 3.05) is 6.54 Å². The molecular formula is C22H25ClN4O4S2. The predicted molar refractivity (Wildman–Crippen MR) is 130 cm³/mol. The lowest BCUT2D eigenvalue weighted by molar-refractivity contribution is 0.134. The van der Waals surface area contributed by atoms with E-state index in [0.29, 0.717) is 30.0 Å². The monoisotopic (exact) mass is 508 g/mol. The number of nitrogens with one attached hydrogen (secondary N) is 2. The van der Waals surface area contributed by atoms with Crippen molar-refractivity contribution in [3.8, 4) is 10.6 Å². The number of carbonyl (C=O) groups is 1. The molecule has 0 aliphatic carbocycles. The van der Waals surface area contributed by atoms with E-state index in [-0.39, 0.29) is 19.2 Å². The number of unbranched alkanes of at least 4 members (excludes halogenated alkanes) is 1. The molecule has 0 bridgehead atoms. The minimum absolute atomic E-state index is 0.158. The van der Waals surface area contributed by atoms with Crippen molar-refractivity contribution in [1.82, 2.24) is 15.0 Å². The first-order valence-corrected chi connectivity index (χ1v) is 13.1. The van der Waals surface area contributed by atoms with E-state index < -0.39 is 16.3 Å². The van der Waals surface area contributed by atoms with Gasteiger partial charge in [-0.05, 0) is 37.0 Å². The van der Waals surface area contributed by atoms with Gasteiger partial charge in [-0.1, -0.05) is 54.1 Å². The number of halogens is 1. The highest BCUT2D eigenvalue weighted by Gasteiger charge is 2.19. The van der Waals surface area contributed by atoms with Crippen LogP contribution in [0.15, 0.2) is 60.0 Å². The Morgan fingerprint density at radius 1 is 1.12 bits per heavy atom. The fraction of sp³-hybridized carbons (Fsp3) is 0.273. The third-order valence-electron chi connectivity index (χ3n) is 4.70. The van der Waals surface area contributed by atoms with Crippen LogP contribution in [0.4, 0.5) is 4.79 Å². The number of rotatable bonds is 11. The number of thiazole rings is 1. The summed E-state index contributed by atoms with van der Waals surface area (Å²) < 4.78 is 29.7. The van der Waals surface area contributed by atoms with Gasteiger partial charge in [0, 0.05) is 22.5 Å². The van der Waals surface area contributed by atoms with Gasteiger partial charge >= 0.3 is 6.09 Å². The number of alkyl carbamates (subject to hydrolysis) is 1. The van der Waals surface area contributed by atoms with Crippen LogP contribution in [0.25, 0.3) is 10.6 Å². The van der Waals surface area contributed by atoms with Gasteiger partial charge in [0.05, 0.1) is 11.7 Å². The summed E-state index contributed by atoms with van der Waals surface area (Å²) in [7, 11) is -3.72. The Balaban J connectivity index is 1.64. The highest BCUT2D eigenvalue weighted by Crippen LogP contribution is 2.29. The maximum absolute atomic E-state index is 12.5. The third-order valence-corrected chi connectivity index (χ3v) is 6.47. The van der Waals surface area contributed by atoms with Crippen molar-refractivity contribution in [3.05, 3.63) is 76.3 Å². The minimum atomic E-state index is -3.72. The molecule has 3 aromatic rings. The molecule has 0 unspecified atom stereocenters. The maximum atomic E-state index is 12.5. The van der Waals surface area contributed by atoms with E-state index in [9.17, 15) is 13.2 Å². The number of nitrogens with two attached hydrogens (primary N) is 1. The van der Waals surface area contributed by atoms with E-state index in [2.05, 4.69) is 10.0 Å². The average molecular weight is 509 g/mol. The van der Waals surface area contributed by atoms with Crippen LogP contribution in [-0.4, -0.2) is 26.0 Å². The van der Waals surface area contributed by atoms with E-state index in [0.717, 1.165) is 16.1 Å². The number of nitrogens with zero attached hydrogens (tertiary/aromatic N) is 1. The lowest BCUT2D eigenvalue weighted by Crippen LogP contribution is -2.32. The first-order valence-electron chi connectivity index (χ1n) is 10.3. The second-order valence-electron chi connectivity index (χ2n) is 7.28. The largest absolute Gasteiger partial charge is 0.445 e. The number of carbonyl (C=O) groups excluding carboxylic acids is 1. The Morgan fingerprint density at radius 3 is 2.55 bits per heavy atom. The van der Waals surface area contributed by atoms with Crippen LogP contribution in [0, 0.1) is 0 Å². The van der Waals surface area contributed by atoms with Crippen LogP contribution in [0.3, 0.4) is 0 Å². The molecule has 0 saturated heterocycles. The lowest BCUT2D eigenvalue weighted by atomic mass is 10.1. The van der Waals surface area contributed by atoms with Gasteiger partial charge in [-0.15, -0.1) is 11.3 Å². The van der Waals surface area contributed by atoms with Crippen LogP contribution >= 0.6 is 22.9 Å². The number of hydrogen-bond acceptors (Lipinski definition) is 6. The van der Waals surface area contributed by atoms with Crippen LogP contribution in [-0.2, 0) is 21.6 Å². The van der Waals surface area contributed by atoms with Gasteiger partial charge in [0.25, 0.3) is 10.2 Å². The molecule has 0 radical (unpaired) electrons. The van der Waals surface area contributed by atoms with E-state index >= 15 is 0 Å². The SMILES string of the molecule is NS(=O)(=O)NCCCC[C@H](NC(=O)OCc1ccccc1)c1csc(-c2ccc(Cl)cc2)n1. The summed E-state index contributed by atoms with van der Waals surface area (Å²) in [5.41, 5.74) is 2.52. The number of benzene rings is 2. The molecule has 0 spiro atoms. The van der Waals surface area contributed by atoms with E-state index in [1.807, 2.05) is 47.8 Å². The van der Waals surface area contributed by atoms with Crippen molar-refractivity contribution in [2.45, 2.75) is 31.9 Å². The Bertz CT molecular complexity index is 1140. The predicted octanol–water partition coefficient (Wildman–Crippen LogP) is 4.39. The Morgan fingerprint density at radius 2 is 1.85 bits per heavy atom. The second-order valence-corrected chi connectivity index (χ2v) is 9.95. The summed E-state index contributed by atoms with van der Waals surface area (Å²) in [5, 5.41) is 11.2. The fourth-order valence-corrected chi connectivity index (χ4v) is 4.49. The summed E-state index contributed by atoms with van der Waals surface area (Å²) in [6.45, 7) is 0.377. The zero-order valence-electron chi connectivity index (χ0n) is 17.7. The molecule has 3 rings (SSSR count). The first-order chi connectivity index (χ1) is 15.8. The standard InChI is InChI=1S/C22H25ClN4O4S2/c23-18-11-9-17(10-12-18)21-26-20(15-32-21)19(8-4-5-13-25-33(24,29)30)27-22(28)31-14-16-6-2-1-3-7-16/h1-3,6-7,9-12,15,19,25H,4-5,8,13-14H2,(H,27,28)(H2,24,29,30)/t19-/m0/s1. The summed E-state index contributed by atoms with van der Waals surface area (Å²) >= 11 is 7.43. The molecule has 0 saturated carbocycles. The minimum Gasteiger partial charge on any atom is -0.445 e. The second kappa shape index (κ2) is 12.1. The third kappa shape index (κ3) is 8.75. The van der Waals surface area contributed by atoms with Crippen LogP contribution in [0.5, 0.6) is 0 Å². The van der Waals surface area contributed by atoms with Crippen molar-refractivity contribution in [2.24, 2.45) is 5.14 Å². The normalized spacial score (nSPS) is 12.3. The topological polar surface area (TPSA) is 123 Å². The van der Waals surface area contributed by atoms with Gasteiger partial charge in [-0.3, -0.25) is 0 Å². The average Bonchev–Trinajstić information content (AvgIpc) is 3.27. The van der Waals surface area contributed by atoms with Gasteiger partial charge in [0.2, 0.25) is 0 Å². The Hall–Kier alpha value is -2.50. The first kappa shape index (κ1) is 25.1. The summed E-state index contributed by atoms with van der Waals surface area (Å²) in [5.74, 6) is 0. The molecule has 11 heteroatoms. The van der Waals surface area contributed by atoms with Gasteiger partial charge in [-0.2, -0.15) is 8.42 Å². The molecule has 8 nitrogen and oxygen atoms in total. The van der Waals surface area contributed by atoms with Crippen molar-refractivity contribution in [1.29, 1.82) is 0 Å². The van der Waals surface area contributed by atoms with Gasteiger partial charge in [0.15, 0.2) is 0 Å². The van der Waals surface area contributed by atoms with E-state index in [1.54, 1.807) is 12.1 Å². The molecule has 176 valence electrons. The summed E-state index contributed by atoms with van der Waals surface area (Å²) in [4.78, 5) is 17.1. The molecule has 1 atom stereocenters. The van der Waals surface area contributed by atoms with E-state index in [4.69, 9.17) is 26.5 Å². The molecule has 1 amide bonds. The number of aromatic nitrogens is 1. The Labute approximate surface area is 202 Å². The molecule has 33 heavy (non-hydrogen) atoms. The number of ether oxygens (including phenoxy) is 1. The van der Waals surface area contributed by atoms with Crippen LogP contribution in [0.1, 0.15) is 36.6 Å². The Kier molecular flexibility index (Phi) is 9.21. The van der Waals surface area contributed by atoms with Crippen LogP contribution < -0.4 is 15.2 Å². The molecule has 4 N–H and O–H groups in total. The molecule has 0 aliphatic rings. The highest BCUT2D eigenvalue weighted by molar-refractivity contribution is 7.87. The van der Waals surface area contributed by atoms with E-state index in [1.165, 1.54) is 11.3 Å². The van der Waals surface area contributed by atoms with Gasteiger partial charge < -0.3 is 10.1 Å².